The van der Waals surface area contributed by atoms with Gasteiger partial charge in [-0.15, -0.1) is 0 Å². The van der Waals surface area contributed by atoms with Gasteiger partial charge in [0.25, 0.3) is 0 Å². The summed E-state index contributed by atoms with van der Waals surface area (Å²) in [5, 5.41) is 0. The molecule has 2 atom stereocenters. The molecule has 0 aliphatic carbocycles. The van der Waals surface area contributed by atoms with Crippen molar-refractivity contribution in [3.8, 4) is 0 Å². The fourth-order valence-corrected chi connectivity index (χ4v) is 1.30. The molecule has 0 bridgehead atoms. The van der Waals surface area contributed by atoms with Gasteiger partial charge in [0.2, 0.25) is 12.2 Å². The molecule has 0 aromatic rings. The summed E-state index contributed by atoms with van der Waals surface area (Å²) in [4.78, 5) is 22.8. The Kier molecular flexibility index (Phi) is 3.13. The minimum atomic E-state index is -0.738. The molecule has 0 N–H and O–H groups in total. The number of carbonyl (C=O) groups is 2. The van der Waals surface area contributed by atoms with E-state index in [-0.39, 0.29) is 11.8 Å². The van der Waals surface area contributed by atoms with E-state index in [0.717, 1.165) is 0 Å². The number of hydrogen-bond donors (Lipinski definition) is 0. The number of ether oxygens (including phenoxy) is 2. The molecular formula is C10H16O4. The van der Waals surface area contributed by atoms with Gasteiger partial charge in [-0.05, 0) is 0 Å². The van der Waals surface area contributed by atoms with Crippen molar-refractivity contribution in [2.45, 2.75) is 39.9 Å². The number of rotatable bonds is 2. The van der Waals surface area contributed by atoms with Gasteiger partial charge < -0.3 is 9.47 Å². The van der Waals surface area contributed by atoms with Gasteiger partial charge in [-0.3, -0.25) is 0 Å². The van der Waals surface area contributed by atoms with Gasteiger partial charge in [0.05, 0.1) is 0 Å². The van der Waals surface area contributed by atoms with Crippen LogP contribution in [0.4, 0.5) is 0 Å². The molecule has 80 valence electrons. The highest BCUT2D eigenvalue weighted by atomic mass is 16.6. The molecule has 1 fully saturated rings. The van der Waals surface area contributed by atoms with Gasteiger partial charge in [-0.2, -0.15) is 0 Å². The van der Waals surface area contributed by atoms with E-state index in [0.29, 0.717) is 0 Å². The second-order valence-corrected chi connectivity index (χ2v) is 4.20. The first-order valence-electron chi connectivity index (χ1n) is 4.84. The van der Waals surface area contributed by atoms with Crippen LogP contribution in [0.3, 0.4) is 0 Å². The van der Waals surface area contributed by atoms with Crippen LogP contribution >= 0.6 is 0 Å². The second-order valence-electron chi connectivity index (χ2n) is 4.20. The zero-order chi connectivity index (χ0) is 10.9. The molecule has 0 unspecified atom stereocenters. The van der Waals surface area contributed by atoms with E-state index in [9.17, 15) is 9.59 Å². The molecule has 1 heterocycles. The van der Waals surface area contributed by atoms with E-state index in [1.165, 1.54) is 0 Å². The summed E-state index contributed by atoms with van der Waals surface area (Å²) in [6, 6.07) is 0. The maximum absolute atomic E-state index is 11.4. The Morgan fingerprint density at radius 2 is 1.14 bits per heavy atom. The topological polar surface area (TPSA) is 52.6 Å². The molecule has 0 radical (unpaired) electrons. The smallest absolute Gasteiger partial charge is 0.348 e. The van der Waals surface area contributed by atoms with E-state index < -0.39 is 24.1 Å². The van der Waals surface area contributed by atoms with Crippen LogP contribution in [0.15, 0.2) is 0 Å². The fraction of sp³-hybridized carbons (Fsp3) is 0.800. The zero-order valence-corrected chi connectivity index (χ0v) is 8.94. The molecule has 0 aromatic heterocycles. The van der Waals surface area contributed by atoms with Crippen LogP contribution in [0.1, 0.15) is 27.7 Å². The molecule has 1 aliphatic heterocycles. The highest BCUT2D eigenvalue weighted by Crippen LogP contribution is 2.21. The summed E-state index contributed by atoms with van der Waals surface area (Å²) >= 11 is 0. The Balaban J connectivity index is 2.72. The van der Waals surface area contributed by atoms with Gasteiger partial charge in [0.15, 0.2) is 0 Å². The first-order valence-corrected chi connectivity index (χ1v) is 4.84. The summed E-state index contributed by atoms with van der Waals surface area (Å²) in [5.41, 5.74) is 0. The van der Waals surface area contributed by atoms with Crippen LogP contribution in [0, 0.1) is 11.8 Å². The predicted octanol–water partition coefficient (Wildman–Crippen LogP) is 1.14. The Labute approximate surface area is 83.6 Å². The predicted molar refractivity (Wildman–Crippen MR) is 49.4 cm³/mol. The van der Waals surface area contributed by atoms with Crippen molar-refractivity contribution in [3.05, 3.63) is 0 Å². The third-order valence-corrected chi connectivity index (χ3v) is 2.16. The molecule has 1 saturated heterocycles. The fourth-order valence-electron chi connectivity index (χ4n) is 1.30. The van der Waals surface area contributed by atoms with Crippen molar-refractivity contribution < 1.29 is 19.1 Å². The maximum atomic E-state index is 11.4. The lowest BCUT2D eigenvalue weighted by atomic mass is 10.0. The average molecular weight is 200 g/mol. The summed E-state index contributed by atoms with van der Waals surface area (Å²) < 4.78 is 10.0. The summed E-state index contributed by atoms with van der Waals surface area (Å²) in [6.07, 6.45) is -1.48. The van der Waals surface area contributed by atoms with Gasteiger partial charge in [-0.1, -0.05) is 27.7 Å². The average Bonchev–Trinajstić information content (AvgIpc) is 2.07. The van der Waals surface area contributed by atoms with Crippen LogP contribution in [0.2, 0.25) is 0 Å². The number of carbonyl (C=O) groups excluding carboxylic acids is 2. The Hall–Kier alpha value is -1.06. The minimum absolute atomic E-state index is 0.0421. The lowest BCUT2D eigenvalue weighted by molar-refractivity contribution is -0.201. The largest absolute Gasteiger partial charge is 0.447 e. The van der Waals surface area contributed by atoms with Crippen molar-refractivity contribution in [2.75, 3.05) is 0 Å². The molecule has 0 aromatic carbocycles. The summed E-state index contributed by atoms with van der Waals surface area (Å²) in [5.74, 6) is -0.948. The Morgan fingerprint density at radius 3 is 1.36 bits per heavy atom. The van der Waals surface area contributed by atoms with Crippen molar-refractivity contribution in [3.63, 3.8) is 0 Å². The Bertz CT molecular complexity index is 219. The lowest BCUT2D eigenvalue weighted by Gasteiger charge is -2.30. The first kappa shape index (κ1) is 11.0. The molecule has 4 nitrogen and oxygen atoms in total. The number of hydrogen-bond acceptors (Lipinski definition) is 4. The zero-order valence-electron chi connectivity index (χ0n) is 8.94. The van der Waals surface area contributed by atoms with Crippen LogP contribution in [-0.4, -0.2) is 24.1 Å². The normalized spacial score (nSPS) is 27.9. The van der Waals surface area contributed by atoms with E-state index in [4.69, 9.17) is 9.47 Å². The van der Waals surface area contributed by atoms with Gasteiger partial charge in [0.1, 0.15) is 0 Å². The standard InChI is InChI=1S/C10H16O4/c1-5(2)7-9(11)14-8(6(3)4)10(12)13-7/h5-8H,1-4H3/t7-,8-/m1/s1. The minimum Gasteiger partial charge on any atom is -0.447 e. The van der Waals surface area contributed by atoms with E-state index >= 15 is 0 Å². The maximum Gasteiger partial charge on any atom is 0.348 e. The molecule has 14 heavy (non-hydrogen) atoms. The van der Waals surface area contributed by atoms with Crippen molar-refractivity contribution in [1.82, 2.24) is 0 Å². The summed E-state index contributed by atoms with van der Waals surface area (Å²) in [6.45, 7) is 7.26. The van der Waals surface area contributed by atoms with Gasteiger partial charge in [0, 0.05) is 11.8 Å². The van der Waals surface area contributed by atoms with Gasteiger partial charge in [-0.25, -0.2) is 9.59 Å². The monoisotopic (exact) mass is 200 g/mol. The Morgan fingerprint density at radius 1 is 0.857 bits per heavy atom. The van der Waals surface area contributed by atoms with Crippen LogP contribution in [-0.2, 0) is 19.1 Å². The highest BCUT2D eigenvalue weighted by molar-refractivity contribution is 5.87. The van der Waals surface area contributed by atoms with Crippen LogP contribution < -0.4 is 0 Å². The van der Waals surface area contributed by atoms with Crippen molar-refractivity contribution >= 4 is 11.9 Å². The van der Waals surface area contributed by atoms with Gasteiger partial charge >= 0.3 is 11.9 Å². The third-order valence-electron chi connectivity index (χ3n) is 2.16. The molecule has 0 amide bonds. The number of esters is 2. The first-order chi connectivity index (χ1) is 6.43. The van der Waals surface area contributed by atoms with E-state index in [1.54, 1.807) is 0 Å². The second kappa shape index (κ2) is 3.98. The molecular weight excluding hydrogens is 184 g/mol. The quantitative estimate of drug-likeness (QED) is 0.627. The van der Waals surface area contributed by atoms with E-state index in [2.05, 4.69) is 0 Å². The SMILES string of the molecule is CC(C)[C@H]1OC(=O)[C@@H](C(C)C)OC1=O. The molecule has 1 rings (SSSR count). The van der Waals surface area contributed by atoms with E-state index in [1.807, 2.05) is 27.7 Å². The lowest BCUT2D eigenvalue weighted by Crippen LogP contribution is -2.48. The highest BCUT2D eigenvalue weighted by Gasteiger charge is 2.40. The molecule has 4 heteroatoms. The molecule has 0 spiro atoms. The molecule has 0 saturated carbocycles. The van der Waals surface area contributed by atoms with Crippen LogP contribution in [0.5, 0.6) is 0 Å². The third kappa shape index (κ3) is 2.05. The number of cyclic esters (lactones) is 2. The molecule has 1 aliphatic rings. The van der Waals surface area contributed by atoms with Crippen LogP contribution in [0.25, 0.3) is 0 Å². The van der Waals surface area contributed by atoms with Crippen molar-refractivity contribution in [1.29, 1.82) is 0 Å². The summed E-state index contributed by atoms with van der Waals surface area (Å²) in [7, 11) is 0. The van der Waals surface area contributed by atoms with Crippen molar-refractivity contribution in [2.24, 2.45) is 11.8 Å².